The van der Waals surface area contributed by atoms with Crippen LogP contribution >= 0.6 is 0 Å². The predicted octanol–water partition coefficient (Wildman–Crippen LogP) is 4.12. The van der Waals surface area contributed by atoms with E-state index in [1.54, 1.807) is 23.9 Å². The Kier molecular flexibility index (Phi) is 5.95. The highest BCUT2D eigenvalue weighted by Gasteiger charge is 2.30. The molecule has 0 bridgehead atoms. The lowest BCUT2D eigenvalue weighted by molar-refractivity contribution is -0.136. The quantitative estimate of drug-likeness (QED) is 0.409. The first kappa shape index (κ1) is 23.7. The van der Waals surface area contributed by atoms with Gasteiger partial charge in [-0.1, -0.05) is 0 Å². The summed E-state index contributed by atoms with van der Waals surface area (Å²) < 4.78 is 9.11. The maximum absolute atomic E-state index is 12.3. The van der Waals surface area contributed by atoms with Crippen molar-refractivity contribution >= 4 is 28.3 Å². The summed E-state index contributed by atoms with van der Waals surface area (Å²) in [6.45, 7) is 4.50. The zero-order chi connectivity index (χ0) is 25.7. The summed E-state index contributed by atoms with van der Waals surface area (Å²) >= 11 is 0. The molecule has 1 saturated carbocycles. The van der Waals surface area contributed by atoms with Crippen molar-refractivity contribution in [2.24, 2.45) is 5.92 Å². The number of methoxy groups -OCH3 is 1. The van der Waals surface area contributed by atoms with Gasteiger partial charge in [0.1, 0.15) is 12.3 Å². The lowest BCUT2D eigenvalue weighted by atomic mass is 9.92. The highest BCUT2D eigenvalue weighted by Crippen LogP contribution is 2.40. The van der Waals surface area contributed by atoms with Crippen molar-refractivity contribution in [1.82, 2.24) is 24.1 Å². The van der Waals surface area contributed by atoms with Gasteiger partial charge >= 0.3 is 5.97 Å². The average Bonchev–Trinajstić information content (AvgIpc) is 3.57. The Bertz CT molecular complexity index is 1510. The number of hydrogen-bond donors (Lipinski definition) is 1. The third-order valence-electron chi connectivity index (χ3n) is 7.84. The van der Waals surface area contributed by atoms with E-state index in [1.807, 2.05) is 24.1 Å². The SMILES string of the molecule is COCC(=O)N1CCC(c2nccc3cc(-c4nn5cc(C(=O)O)ccc5c4C)n(CC4CC4)c23)CC1. The van der Waals surface area contributed by atoms with Crippen LogP contribution in [0.5, 0.6) is 0 Å². The molecular formula is C28H31N5O4. The molecule has 1 amide bonds. The molecule has 0 unspecified atom stereocenters. The van der Waals surface area contributed by atoms with E-state index in [9.17, 15) is 14.7 Å². The van der Waals surface area contributed by atoms with Gasteiger partial charge in [0.05, 0.1) is 28.0 Å². The van der Waals surface area contributed by atoms with Crippen LogP contribution in [0.3, 0.4) is 0 Å². The van der Waals surface area contributed by atoms with Crippen molar-refractivity contribution in [3.8, 4) is 11.4 Å². The number of aromatic nitrogens is 4. The molecule has 37 heavy (non-hydrogen) atoms. The number of carboxylic acids is 1. The number of rotatable bonds is 7. The summed E-state index contributed by atoms with van der Waals surface area (Å²) in [5.74, 6) is -0.00631. The van der Waals surface area contributed by atoms with E-state index < -0.39 is 5.97 Å². The second-order valence-electron chi connectivity index (χ2n) is 10.3. The molecule has 1 N–H and O–H groups in total. The van der Waals surface area contributed by atoms with Crippen LogP contribution in [0.25, 0.3) is 27.8 Å². The van der Waals surface area contributed by atoms with E-state index in [1.165, 1.54) is 12.8 Å². The number of hydrogen-bond acceptors (Lipinski definition) is 5. The van der Waals surface area contributed by atoms with Gasteiger partial charge < -0.3 is 19.3 Å². The second kappa shape index (κ2) is 9.30. The van der Waals surface area contributed by atoms with Crippen molar-refractivity contribution in [2.75, 3.05) is 26.8 Å². The summed E-state index contributed by atoms with van der Waals surface area (Å²) in [4.78, 5) is 30.6. The molecule has 6 rings (SSSR count). The number of carbonyl (C=O) groups excluding carboxylic acids is 1. The number of pyridine rings is 2. The lowest BCUT2D eigenvalue weighted by Crippen LogP contribution is -2.40. The molecule has 5 heterocycles. The first-order valence-corrected chi connectivity index (χ1v) is 12.9. The van der Waals surface area contributed by atoms with Crippen molar-refractivity contribution in [1.29, 1.82) is 0 Å². The Morgan fingerprint density at radius 1 is 1.14 bits per heavy atom. The topological polar surface area (TPSA) is 102 Å². The number of aromatic carboxylic acids is 1. The predicted molar refractivity (Wildman–Crippen MR) is 139 cm³/mol. The fourth-order valence-electron chi connectivity index (χ4n) is 5.65. The number of piperidine rings is 1. The molecule has 1 aliphatic carbocycles. The Balaban J connectivity index is 1.42. The third kappa shape index (κ3) is 4.27. The van der Waals surface area contributed by atoms with Gasteiger partial charge in [-0.25, -0.2) is 9.31 Å². The summed E-state index contributed by atoms with van der Waals surface area (Å²) in [6, 6.07) is 7.72. The number of ether oxygens (including phenoxy) is 1. The van der Waals surface area contributed by atoms with E-state index in [0.29, 0.717) is 19.0 Å². The van der Waals surface area contributed by atoms with Gasteiger partial charge in [0.2, 0.25) is 5.91 Å². The number of carboxylic acid groups (broad SMARTS) is 1. The molecule has 192 valence electrons. The summed E-state index contributed by atoms with van der Waals surface area (Å²) in [6.07, 6.45) is 7.66. The molecule has 9 heteroatoms. The molecular weight excluding hydrogens is 470 g/mol. The molecule has 4 aromatic heterocycles. The minimum Gasteiger partial charge on any atom is -0.478 e. The normalized spacial score (nSPS) is 16.6. The largest absolute Gasteiger partial charge is 0.478 e. The van der Waals surface area contributed by atoms with E-state index >= 15 is 0 Å². The fourth-order valence-corrected chi connectivity index (χ4v) is 5.65. The molecule has 9 nitrogen and oxygen atoms in total. The maximum Gasteiger partial charge on any atom is 0.337 e. The van der Waals surface area contributed by atoms with Crippen LogP contribution in [-0.4, -0.2) is 67.9 Å². The monoisotopic (exact) mass is 501 g/mol. The smallest absolute Gasteiger partial charge is 0.337 e. The maximum atomic E-state index is 12.3. The first-order chi connectivity index (χ1) is 17.9. The van der Waals surface area contributed by atoms with Crippen LogP contribution in [-0.2, 0) is 16.1 Å². The zero-order valence-corrected chi connectivity index (χ0v) is 21.2. The van der Waals surface area contributed by atoms with E-state index in [4.69, 9.17) is 14.8 Å². The number of nitrogens with zero attached hydrogens (tertiary/aromatic N) is 5. The second-order valence-corrected chi connectivity index (χ2v) is 10.3. The highest BCUT2D eigenvalue weighted by atomic mass is 16.5. The van der Waals surface area contributed by atoms with E-state index in [2.05, 4.69) is 16.7 Å². The number of likely N-dealkylation sites (tertiary alicyclic amines) is 1. The van der Waals surface area contributed by atoms with Gasteiger partial charge in [-0.3, -0.25) is 9.78 Å². The molecule has 0 radical (unpaired) electrons. The third-order valence-corrected chi connectivity index (χ3v) is 7.84. The van der Waals surface area contributed by atoms with Gasteiger partial charge in [-0.2, -0.15) is 5.10 Å². The van der Waals surface area contributed by atoms with Gasteiger partial charge in [0.15, 0.2) is 0 Å². The van der Waals surface area contributed by atoms with Crippen molar-refractivity contribution in [3.05, 3.63) is 53.5 Å². The van der Waals surface area contributed by atoms with Gasteiger partial charge in [0, 0.05) is 56.0 Å². The summed E-state index contributed by atoms with van der Waals surface area (Å²) in [5, 5.41) is 15.4. The van der Waals surface area contributed by atoms with E-state index in [0.717, 1.165) is 58.5 Å². The van der Waals surface area contributed by atoms with Crippen LogP contribution in [0.15, 0.2) is 36.7 Å². The molecule has 0 spiro atoms. The van der Waals surface area contributed by atoms with Crippen LogP contribution in [0.1, 0.15) is 53.2 Å². The van der Waals surface area contributed by atoms with Crippen molar-refractivity contribution in [2.45, 2.75) is 45.1 Å². The molecule has 2 fully saturated rings. The Morgan fingerprint density at radius 2 is 1.92 bits per heavy atom. The number of carbonyl (C=O) groups is 2. The number of amides is 1. The summed E-state index contributed by atoms with van der Waals surface area (Å²) in [7, 11) is 1.55. The minimum atomic E-state index is -0.967. The fraction of sp³-hybridized carbons (Fsp3) is 0.429. The average molecular weight is 502 g/mol. The zero-order valence-electron chi connectivity index (χ0n) is 21.2. The van der Waals surface area contributed by atoms with Gasteiger partial charge in [0.25, 0.3) is 0 Å². The Hall–Kier alpha value is -3.72. The minimum absolute atomic E-state index is 0.0416. The van der Waals surface area contributed by atoms with Crippen LogP contribution in [0.4, 0.5) is 0 Å². The van der Waals surface area contributed by atoms with Crippen LogP contribution in [0, 0.1) is 12.8 Å². The van der Waals surface area contributed by atoms with Crippen molar-refractivity contribution in [3.63, 3.8) is 0 Å². The Morgan fingerprint density at radius 3 is 2.62 bits per heavy atom. The first-order valence-electron chi connectivity index (χ1n) is 12.9. The Labute approximate surface area is 214 Å². The molecule has 4 aromatic rings. The highest BCUT2D eigenvalue weighted by molar-refractivity contribution is 5.90. The van der Waals surface area contributed by atoms with E-state index in [-0.39, 0.29) is 24.0 Å². The lowest BCUT2D eigenvalue weighted by Gasteiger charge is -2.32. The van der Waals surface area contributed by atoms with Gasteiger partial charge in [-0.05, 0) is 62.8 Å². The summed E-state index contributed by atoms with van der Waals surface area (Å²) in [5.41, 5.74) is 6.30. The number of fused-ring (bicyclic) bond motifs is 2. The van der Waals surface area contributed by atoms with Crippen LogP contribution < -0.4 is 0 Å². The molecule has 2 aliphatic rings. The van der Waals surface area contributed by atoms with Crippen LogP contribution in [0.2, 0.25) is 0 Å². The van der Waals surface area contributed by atoms with Crippen molar-refractivity contribution < 1.29 is 19.4 Å². The number of aryl methyl sites for hydroxylation is 1. The molecule has 0 atom stereocenters. The molecule has 1 aliphatic heterocycles. The molecule has 1 saturated heterocycles. The standard InChI is InChI=1S/C28H31N5O4/c1-17-22-6-5-21(28(35)36)15-33(22)30-25(17)23-13-20-7-10-29-26(27(20)32(23)14-18-3-4-18)19-8-11-31(12-9-19)24(34)16-37-2/h5-7,10,13,15,18-19H,3-4,8-9,11-12,14,16H2,1-2H3,(H,35,36). The van der Waals surface area contributed by atoms with Gasteiger partial charge in [-0.15, -0.1) is 0 Å². The molecule has 0 aromatic carbocycles.